The van der Waals surface area contributed by atoms with Gasteiger partial charge in [0, 0.05) is 19.3 Å². The van der Waals surface area contributed by atoms with Gasteiger partial charge < -0.3 is 19.5 Å². The van der Waals surface area contributed by atoms with Crippen molar-refractivity contribution in [2.24, 2.45) is 0 Å². The van der Waals surface area contributed by atoms with E-state index in [0.717, 1.165) is 18.8 Å². The van der Waals surface area contributed by atoms with E-state index in [1.807, 2.05) is 0 Å². The van der Waals surface area contributed by atoms with Crippen molar-refractivity contribution in [1.29, 1.82) is 0 Å². The van der Waals surface area contributed by atoms with Crippen molar-refractivity contribution in [1.82, 2.24) is 10.3 Å². The largest absolute Gasteiger partial charge is 0.465 e. The maximum absolute atomic E-state index is 11.3. The molecule has 1 unspecified atom stereocenters. The van der Waals surface area contributed by atoms with E-state index in [0.29, 0.717) is 18.8 Å². The van der Waals surface area contributed by atoms with Gasteiger partial charge in [0.1, 0.15) is 0 Å². The molecule has 1 atom stereocenters. The Morgan fingerprint density at radius 3 is 2.95 bits per heavy atom. The first-order valence-electron chi connectivity index (χ1n) is 7.00. The van der Waals surface area contributed by atoms with E-state index in [1.54, 1.807) is 12.1 Å². The van der Waals surface area contributed by atoms with Crippen molar-refractivity contribution in [2.45, 2.75) is 32.2 Å². The van der Waals surface area contributed by atoms with E-state index < -0.39 is 0 Å². The van der Waals surface area contributed by atoms with Crippen molar-refractivity contribution in [3.63, 3.8) is 0 Å². The molecule has 0 aromatic carbocycles. The molecule has 1 saturated heterocycles. The fraction of sp³-hybridized carbons (Fsp3) is 0.600. The second kappa shape index (κ2) is 6.98. The molecule has 2 heterocycles. The van der Waals surface area contributed by atoms with E-state index in [1.165, 1.54) is 13.3 Å². The summed E-state index contributed by atoms with van der Waals surface area (Å²) in [5.41, 5.74) is 1.04. The summed E-state index contributed by atoms with van der Waals surface area (Å²) in [5.74, 6) is -0.390. The van der Waals surface area contributed by atoms with Crippen LogP contribution >= 0.6 is 0 Å². The number of carbonyl (C=O) groups is 1. The number of nitrogens with zero attached hydrogens (tertiary/aromatic N) is 1. The fourth-order valence-corrected chi connectivity index (χ4v) is 2.21. The van der Waals surface area contributed by atoms with Gasteiger partial charge in [-0.15, -0.1) is 0 Å². The average Bonchev–Trinajstić information content (AvgIpc) is 2.46. The van der Waals surface area contributed by atoms with Crippen LogP contribution in [0.15, 0.2) is 18.3 Å². The number of carbonyl (C=O) groups excluding carboxylic acids is 1. The molecule has 1 aromatic heterocycles. The lowest BCUT2D eigenvalue weighted by Gasteiger charge is -2.36. The first-order chi connectivity index (χ1) is 10.00. The maximum Gasteiger partial charge on any atom is 0.339 e. The summed E-state index contributed by atoms with van der Waals surface area (Å²) in [7, 11) is 1.35. The molecule has 0 bridgehead atoms. The summed E-state index contributed by atoms with van der Waals surface area (Å²) in [6.07, 6.45) is 1.54. The molecule has 6 nitrogen and oxygen atoms in total. The summed E-state index contributed by atoms with van der Waals surface area (Å²) in [4.78, 5) is 15.5. The zero-order valence-electron chi connectivity index (χ0n) is 12.7. The molecule has 1 aliphatic heterocycles. The molecule has 2 rings (SSSR count). The molecule has 0 aliphatic carbocycles. The molecule has 116 valence electrons. The lowest BCUT2D eigenvalue weighted by Crippen LogP contribution is -2.51. The van der Waals surface area contributed by atoms with Gasteiger partial charge in [0.2, 0.25) is 0 Å². The lowest BCUT2D eigenvalue weighted by molar-refractivity contribution is -0.122. The van der Waals surface area contributed by atoms with Gasteiger partial charge in [-0.25, -0.2) is 4.79 Å². The molecule has 0 spiro atoms. The molecular formula is C15H22N2O4. The van der Waals surface area contributed by atoms with E-state index in [2.05, 4.69) is 28.9 Å². The van der Waals surface area contributed by atoms with Crippen molar-refractivity contribution >= 4 is 5.97 Å². The van der Waals surface area contributed by atoms with Crippen LogP contribution in [0, 0.1) is 0 Å². The predicted octanol–water partition coefficient (Wildman–Crippen LogP) is 1.15. The van der Waals surface area contributed by atoms with Crippen LogP contribution in [-0.2, 0) is 20.8 Å². The van der Waals surface area contributed by atoms with Crippen LogP contribution in [0.1, 0.15) is 29.9 Å². The minimum atomic E-state index is -0.390. The normalized spacial score (nSPS) is 21.0. The number of rotatable bonds is 5. The summed E-state index contributed by atoms with van der Waals surface area (Å²) < 4.78 is 16.2. The van der Waals surface area contributed by atoms with Crippen LogP contribution in [0.5, 0.6) is 0 Å². The fourth-order valence-electron chi connectivity index (χ4n) is 2.21. The van der Waals surface area contributed by atoms with Crippen LogP contribution in [0.3, 0.4) is 0 Å². The second-order valence-corrected chi connectivity index (χ2v) is 5.68. The van der Waals surface area contributed by atoms with Gasteiger partial charge in [0.15, 0.2) is 0 Å². The predicted molar refractivity (Wildman–Crippen MR) is 77.1 cm³/mol. The maximum atomic E-state index is 11.3. The number of methoxy groups -OCH3 is 1. The Labute approximate surface area is 124 Å². The van der Waals surface area contributed by atoms with E-state index >= 15 is 0 Å². The van der Waals surface area contributed by atoms with Crippen LogP contribution < -0.4 is 5.32 Å². The highest BCUT2D eigenvalue weighted by Gasteiger charge is 2.28. The number of morpholine rings is 1. The van der Waals surface area contributed by atoms with Crippen LogP contribution in [-0.4, -0.2) is 49.5 Å². The minimum Gasteiger partial charge on any atom is -0.465 e. The zero-order valence-corrected chi connectivity index (χ0v) is 12.7. The Morgan fingerprint density at radius 2 is 2.33 bits per heavy atom. The zero-order chi connectivity index (χ0) is 15.3. The van der Waals surface area contributed by atoms with Gasteiger partial charge >= 0.3 is 5.97 Å². The second-order valence-electron chi connectivity index (χ2n) is 5.68. The molecule has 1 N–H and O–H groups in total. The first-order valence-corrected chi connectivity index (χ1v) is 7.00. The number of ether oxygens (including phenoxy) is 3. The highest BCUT2D eigenvalue weighted by molar-refractivity contribution is 5.88. The monoisotopic (exact) mass is 294 g/mol. The third-order valence-electron chi connectivity index (χ3n) is 3.21. The highest BCUT2D eigenvalue weighted by Crippen LogP contribution is 2.15. The van der Waals surface area contributed by atoms with Crippen molar-refractivity contribution < 1.29 is 19.0 Å². The van der Waals surface area contributed by atoms with Gasteiger partial charge in [-0.3, -0.25) is 4.98 Å². The quantitative estimate of drug-likeness (QED) is 0.822. The Bertz CT molecular complexity index is 473. The third-order valence-corrected chi connectivity index (χ3v) is 3.21. The number of esters is 1. The van der Waals surface area contributed by atoms with Gasteiger partial charge in [-0.2, -0.15) is 0 Å². The van der Waals surface area contributed by atoms with Crippen molar-refractivity contribution in [3.05, 3.63) is 29.6 Å². The molecule has 1 aromatic rings. The number of hydrogen-bond donors (Lipinski definition) is 1. The average molecular weight is 294 g/mol. The Hall–Kier alpha value is -1.50. The molecule has 1 fully saturated rings. The number of aromatic nitrogens is 1. The molecule has 1 aliphatic rings. The number of hydrogen-bond acceptors (Lipinski definition) is 6. The van der Waals surface area contributed by atoms with Crippen molar-refractivity contribution in [3.8, 4) is 0 Å². The van der Waals surface area contributed by atoms with Gasteiger partial charge in [-0.05, 0) is 26.0 Å². The van der Waals surface area contributed by atoms with Crippen LogP contribution in [0.4, 0.5) is 0 Å². The Morgan fingerprint density at radius 1 is 1.52 bits per heavy atom. The van der Waals surface area contributed by atoms with Gasteiger partial charge in [0.25, 0.3) is 0 Å². The van der Waals surface area contributed by atoms with Crippen LogP contribution in [0.25, 0.3) is 0 Å². The molecule has 21 heavy (non-hydrogen) atoms. The molecule has 0 amide bonds. The van der Waals surface area contributed by atoms with Gasteiger partial charge in [-0.1, -0.05) is 0 Å². The van der Waals surface area contributed by atoms with E-state index in [9.17, 15) is 4.79 Å². The molecule has 6 heteroatoms. The Kier molecular flexibility index (Phi) is 5.27. The van der Waals surface area contributed by atoms with E-state index in [4.69, 9.17) is 9.47 Å². The summed E-state index contributed by atoms with van der Waals surface area (Å²) in [6.45, 7) is 6.65. The highest BCUT2D eigenvalue weighted by atomic mass is 16.5. The molecular weight excluding hydrogens is 272 g/mol. The number of nitrogens with one attached hydrogen (secondary N) is 1. The van der Waals surface area contributed by atoms with Crippen LogP contribution in [0.2, 0.25) is 0 Å². The third kappa shape index (κ3) is 4.77. The molecule has 0 saturated carbocycles. The summed E-state index contributed by atoms with van der Waals surface area (Å²) >= 11 is 0. The topological polar surface area (TPSA) is 69.7 Å². The van der Waals surface area contributed by atoms with Crippen molar-refractivity contribution in [2.75, 3.05) is 26.8 Å². The lowest BCUT2D eigenvalue weighted by atomic mass is 10.1. The molecule has 0 radical (unpaired) electrons. The standard InChI is InChI=1S/C15H22N2O4/c1-15(2)10-16-7-13(21-15)9-20-8-12-5-4-11(6-17-12)14(18)19-3/h4-6,13,16H,7-10H2,1-3H3. The van der Waals surface area contributed by atoms with Gasteiger partial charge in [0.05, 0.1) is 43.3 Å². The minimum absolute atomic E-state index is 0.0445. The first kappa shape index (κ1) is 15.9. The summed E-state index contributed by atoms with van der Waals surface area (Å²) in [5, 5.41) is 3.33. The Balaban J connectivity index is 1.77. The van der Waals surface area contributed by atoms with E-state index in [-0.39, 0.29) is 17.7 Å². The number of pyridine rings is 1. The summed E-state index contributed by atoms with van der Waals surface area (Å²) in [6, 6.07) is 3.44. The smallest absolute Gasteiger partial charge is 0.339 e. The SMILES string of the molecule is COC(=O)c1ccc(COCC2CNCC(C)(C)O2)nc1.